The first-order chi connectivity index (χ1) is 27.0. The molecular formula is C47H83N3O5. The van der Waals surface area contributed by atoms with Crippen LogP contribution < -0.4 is 10.6 Å². The van der Waals surface area contributed by atoms with Gasteiger partial charge in [-0.1, -0.05) is 133 Å². The molecule has 0 spiro atoms. The van der Waals surface area contributed by atoms with Crippen molar-refractivity contribution in [1.82, 2.24) is 15.5 Å². The number of allylic oxidation sites excluding steroid dienone is 8. The Morgan fingerprint density at radius 1 is 0.636 bits per heavy atom. The topological polar surface area (TPSA) is 108 Å². The number of nitrogens with zero attached hydrogens (tertiary/aromatic N) is 1. The molecule has 3 N–H and O–H groups in total. The zero-order valence-corrected chi connectivity index (χ0v) is 35.4. The molecule has 0 aromatic rings. The molecule has 8 heteroatoms. The molecule has 0 aromatic carbocycles. The summed E-state index contributed by atoms with van der Waals surface area (Å²) in [5.74, 6) is -0.312. The Hall–Kier alpha value is -2.71. The van der Waals surface area contributed by atoms with Gasteiger partial charge in [-0.15, -0.1) is 0 Å². The van der Waals surface area contributed by atoms with Crippen LogP contribution in [-0.2, 0) is 19.1 Å². The quantitative estimate of drug-likeness (QED) is 0.0328. The van der Waals surface area contributed by atoms with Gasteiger partial charge in [0.1, 0.15) is 6.04 Å². The van der Waals surface area contributed by atoms with Crippen molar-refractivity contribution in [2.24, 2.45) is 5.92 Å². The zero-order valence-electron chi connectivity index (χ0n) is 35.4. The van der Waals surface area contributed by atoms with Crippen LogP contribution in [0.2, 0.25) is 0 Å². The lowest BCUT2D eigenvalue weighted by molar-refractivity contribution is -0.148. The van der Waals surface area contributed by atoms with E-state index in [4.69, 9.17) is 9.84 Å². The Kier molecular flexibility index (Phi) is 34.9. The number of aliphatic hydroxyl groups is 1. The van der Waals surface area contributed by atoms with Crippen LogP contribution in [0.15, 0.2) is 48.6 Å². The van der Waals surface area contributed by atoms with Gasteiger partial charge in [-0.25, -0.2) is 4.79 Å². The van der Waals surface area contributed by atoms with Gasteiger partial charge in [0, 0.05) is 45.6 Å². The van der Waals surface area contributed by atoms with Crippen LogP contribution in [0, 0.1) is 5.92 Å². The van der Waals surface area contributed by atoms with Gasteiger partial charge in [0.05, 0.1) is 6.61 Å². The summed E-state index contributed by atoms with van der Waals surface area (Å²) in [6.07, 6.45) is 45.9. The highest BCUT2D eigenvalue weighted by Gasteiger charge is 2.27. The highest BCUT2D eigenvalue weighted by Crippen LogP contribution is 2.18. The van der Waals surface area contributed by atoms with Crippen LogP contribution in [0.3, 0.4) is 0 Å². The van der Waals surface area contributed by atoms with Crippen LogP contribution >= 0.6 is 0 Å². The van der Waals surface area contributed by atoms with Crippen molar-refractivity contribution in [2.75, 3.05) is 39.4 Å². The first-order valence-corrected chi connectivity index (χ1v) is 22.7. The van der Waals surface area contributed by atoms with Gasteiger partial charge in [0.2, 0.25) is 11.8 Å². The number of hydrogen-bond donors (Lipinski definition) is 3. The van der Waals surface area contributed by atoms with Gasteiger partial charge >= 0.3 is 5.97 Å². The molecule has 1 unspecified atom stereocenters. The number of ether oxygens (including phenoxy) is 1. The predicted molar refractivity (Wildman–Crippen MR) is 231 cm³/mol. The predicted octanol–water partition coefficient (Wildman–Crippen LogP) is 10.5. The molecule has 1 aliphatic rings. The van der Waals surface area contributed by atoms with Gasteiger partial charge in [-0.2, -0.15) is 0 Å². The molecule has 55 heavy (non-hydrogen) atoms. The van der Waals surface area contributed by atoms with Crippen molar-refractivity contribution in [3.8, 4) is 0 Å². The maximum Gasteiger partial charge on any atom is 0.330 e. The maximum absolute atomic E-state index is 13.0. The lowest BCUT2D eigenvalue weighted by atomic mass is 9.97. The molecule has 1 aliphatic heterocycles. The molecule has 1 fully saturated rings. The molecule has 0 bridgehead atoms. The van der Waals surface area contributed by atoms with Crippen LogP contribution in [0.25, 0.3) is 0 Å². The first kappa shape index (κ1) is 50.3. The lowest BCUT2D eigenvalue weighted by Crippen LogP contribution is -2.51. The number of unbranched alkanes of at least 4 members (excludes halogenated alkanes) is 17. The molecule has 0 aromatic heterocycles. The molecule has 2 amide bonds. The average molecular weight is 770 g/mol. The highest BCUT2D eigenvalue weighted by molar-refractivity contribution is 5.85. The third-order valence-corrected chi connectivity index (χ3v) is 10.3. The number of esters is 1. The summed E-state index contributed by atoms with van der Waals surface area (Å²) < 4.78 is 5.58. The standard InChI is InChI=1S/C47H83N3O5/c1-3-5-7-9-11-13-15-17-19-21-23-25-27-29-31-33-39-55-47(54)44(49-46(53)35-37-50-41-43(42-50)36-38-51)40-48-45(52)34-32-30-28-26-24-22-20-18-16-14-12-10-8-6-4-2/h11-14,17-20,43-44,51H,3-10,15-16,21-42H2,1-2H3,(H,48,52)(H,49,53)/b13-11-,14-12-,19-17-,20-18-. The second-order valence-electron chi connectivity index (χ2n) is 15.5. The normalized spacial score (nSPS) is 14.4. The van der Waals surface area contributed by atoms with Gasteiger partial charge < -0.3 is 25.4 Å². The Morgan fingerprint density at radius 2 is 1.13 bits per heavy atom. The average Bonchev–Trinajstić information content (AvgIpc) is 3.16. The number of rotatable bonds is 38. The van der Waals surface area contributed by atoms with Crippen molar-refractivity contribution >= 4 is 17.8 Å². The summed E-state index contributed by atoms with van der Waals surface area (Å²) in [6.45, 7) is 7.41. The molecule has 1 atom stereocenters. The molecule has 1 saturated heterocycles. The van der Waals surface area contributed by atoms with Crippen molar-refractivity contribution in [3.63, 3.8) is 0 Å². The van der Waals surface area contributed by atoms with E-state index in [1.807, 2.05) is 0 Å². The summed E-state index contributed by atoms with van der Waals surface area (Å²) in [7, 11) is 0. The lowest BCUT2D eigenvalue weighted by Gasteiger charge is -2.39. The number of nitrogens with one attached hydrogen (secondary N) is 2. The smallest absolute Gasteiger partial charge is 0.330 e. The number of amides is 2. The molecular weight excluding hydrogens is 687 g/mol. The van der Waals surface area contributed by atoms with E-state index in [9.17, 15) is 14.4 Å². The summed E-state index contributed by atoms with van der Waals surface area (Å²) in [4.78, 5) is 40.7. The highest BCUT2D eigenvalue weighted by atomic mass is 16.5. The van der Waals surface area contributed by atoms with E-state index < -0.39 is 12.0 Å². The van der Waals surface area contributed by atoms with E-state index in [0.29, 0.717) is 25.5 Å². The van der Waals surface area contributed by atoms with E-state index >= 15 is 0 Å². The van der Waals surface area contributed by atoms with Crippen molar-refractivity contribution in [2.45, 2.75) is 187 Å². The SMILES string of the molecule is CCCCC/C=C\C/C=C\CCCCCCCCOC(=O)C(CNC(=O)CCCCCCC/C=C\C/C=C\CCCCC)NC(=O)CCN1CC(CCO)C1. The molecule has 0 radical (unpaired) electrons. The van der Waals surface area contributed by atoms with E-state index in [1.54, 1.807) is 0 Å². The number of carbonyl (C=O) groups is 3. The molecule has 316 valence electrons. The molecule has 1 rings (SSSR count). The number of likely N-dealkylation sites (tertiary alicyclic amines) is 1. The Labute approximate surface area is 337 Å². The van der Waals surface area contributed by atoms with E-state index in [-0.39, 0.29) is 31.4 Å². The van der Waals surface area contributed by atoms with Crippen molar-refractivity contribution in [3.05, 3.63) is 48.6 Å². The third-order valence-electron chi connectivity index (χ3n) is 10.3. The van der Waals surface area contributed by atoms with Gasteiger partial charge in [0.15, 0.2) is 0 Å². The second kappa shape index (κ2) is 38.2. The fraction of sp³-hybridized carbons (Fsp3) is 0.766. The first-order valence-electron chi connectivity index (χ1n) is 22.7. The van der Waals surface area contributed by atoms with E-state index in [1.165, 1.54) is 77.0 Å². The Morgan fingerprint density at radius 3 is 1.65 bits per heavy atom. The number of hydrogen-bond acceptors (Lipinski definition) is 6. The zero-order chi connectivity index (χ0) is 39.9. The Balaban J connectivity index is 2.27. The van der Waals surface area contributed by atoms with Crippen molar-refractivity contribution in [1.29, 1.82) is 0 Å². The molecule has 0 aliphatic carbocycles. The fourth-order valence-corrected chi connectivity index (χ4v) is 6.71. The number of carbonyl (C=O) groups excluding carboxylic acids is 3. The minimum Gasteiger partial charge on any atom is -0.464 e. The maximum atomic E-state index is 13.0. The Bertz CT molecular complexity index is 1050. The molecule has 8 nitrogen and oxygen atoms in total. The minimum atomic E-state index is -0.899. The minimum absolute atomic E-state index is 0.0374. The number of aliphatic hydroxyl groups excluding tert-OH is 1. The fourth-order valence-electron chi connectivity index (χ4n) is 6.71. The summed E-state index contributed by atoms with van der Waals surface area (Å²) in [5.41, 5.74) is 0. The van der Waals surface area contributed by atoms with Gasteiger partial charge in [-0.05, 0) is 89.4 Å². The van der Waals surface area contributed by atoms with Crippen LogP contribution in [0.1, 0.15) is 181 Å². The van der Waals surface area contributed by atoms with Gasteiger partial charge in [-0.3, -0.25) is 9.59 Å². The van der Waals surface area contributed by atoms with Gasteiger partial charge in [0.25, 0.3) is 0 Å². The van der Waals surface area contributed by atoms with E-state index in [0.717, 1.165) is 90.1 Å². The third kappa shape index (κ3) is 32.1. The summed E-state index contributed by atoms with van der Waals surface area (Å²) in [6, 6.07) is -0.899. The largest absolute Gasteiger partial charge is 0.464 e. The molecule has 0 saturated carbocycles. The van der Waals surface area contributed by atoms with Crippen LogP contribution in [0.5, 0.6) is 0 Å². The van der Waals surface area contributed by atoms with Crippen molar-refractivity contribution < 1.29 is 24.2 Å². The van der Waals surface area contributed by atoms with E-state index in [2.05, 4.69) is 78.0 Å². The monoisotopic (exact) mass is 770 g/mol. The molecule has 1 heterocycles. The second-order valence-corrected chi connectivity index (χ2v) is 15.5. The van der Waals surface area contributed by atoms with Crippen LogP contribution in [0.4, 0.5) is 0 Å². The van der Waals surface area contributed by atoms with Crippen LogP contribution in [-0.4, -0.2) is 73.2 Å². The summed E-state index contributed by atoms with van der Waals surface area (Å²) >= 11 is 0. The summed E-state index contributed by atoms with van der Waals surface area (Å²) in [5, 5.41) is 14.8.